The SMILES string of the molecule is CCC1CCC(C2CCC(C/C=C\Cc3ccc(F)cc3)CC2)CC1. The summed E-state index contributed by atoms with van der Waals surface area (Å²) in [5, 5.41) is 0. The summed E-state index contributed by atoms with van der Waals surface area (Å²) in [6.45, 7) is 2.36. The van der Waals surface area contributed by atoms with E-state index in [2.05, 4.69) is 19.1 Å². The molecule has 0 nitrogen and oxygen atoms in total. The molecule has 1 aromatic carbocycles. The zero-order valence-corrected chi connectivity index (χ0v) is 15.9. The van der Waals surface area contributed by atoms with Crippen LogP contribution in [0.4, 0.5) is 4.39 Å². The van der Waals surface area contributed by atoms with Crippen LogP contribution in [0.5, 0.6) is 0 Å². The third-order valence-corrected chi connectivity index (χ3v) is 6.93. The van der Waals surface area contributed by atoms with Crippen molar-refractivity contribution in [2.75, 3.05) is 0 Å². The molecule has 0 aromatic heterocycles. The van der Waals surface area contributed by atoms with E-state index < -0.39 is 0 Å². The van der Waals surface area contributed by atoms with E-state index in [-0.39, 0.29) is 5.82 Å². The van der Waals surface area contributed by atoms with Crippen molar-refractivity contribution in [3.05, 3.63) is 47.8 Å². The summed E-state index contributed by atoms with van der Waals surface area (Å²) in [5.41, 5.74) is 1.20. The van der Waals surface area contributed by atoms with Crippen LogP contribution in [-0.4, -0.2) is 0 Å². The molecule has 0 saturated heterocycles. The topological polar surface area (TPSA) is 0 Å². The van der Waals surface area contributed by atoms with Gasteiger partial charge in [-0.05, 0) is 92.7 Å². The fraction of sp³-hybridized carbons (Fsp3) is 0.667. The number of halogens is 1. The highest BCUT2D eigenvalue weighted by Gasteiger charge is 2.30. The molecule has 2 aliphatic rings. The van der Waals surface area contributed by atoms with Gasteiger partial charge in [-0.1, -0.05) is 50.5 Å². The fourth-order valence-electron chi connectivity index (χ4n) is 5.09. The van der Waals surface area contributed by atoms with Gasteiger partial charge in [0.15, 0.2) is 0 Å². The predicted molar refractivity (Wildman–Crippen MR) is 105 cm³/mol. The Labute approximate surface area is 153 Å². The van der Waals surface area contributed by atoms with Crippen LogP contribution < -0.4 is 0 Å². The third kappa shape index (κ3) is 5.69. The normalized spacial score (nSPS) is 30.6. The highest BCUT2D eigenvalue weighted by atomic mass is 19.1. The second kappa shape index (κ2) is 9.55. The van der Waals surface area contributed by atoms with E-state index in [1.807, 2.05) is 12.1 Å². The van der Waals surface area contributed by atoms with Crippen LogP contribution in [0.3, 0.4) is 0 Å². The molecule has 0 unspecified atom stereocenters. The van der Waals surface area contributed by atoms with Gasteiger partial charge in [-0.2, -0.15) is 0 Å². The maximum absolute atomic E-state index is 12.9. The van der Waals surface area contributed by atoms with Crippen LogP contribution in [0.15, 0.2) is 36.4 Å². The second-order valence-corrected chi connectivity index (χ2v) is 8.51. The van der Waals surface area contributed by atoms with E-state index in [9.17, 15) is 4.39 Å². The monoisotopic (exact) mass is 342 g/mol. The molecule has 0 aliphatic heterocycles. The van der Waals surface area contributed by atoms with Gasteiger partial charge in [-0.25, -0.2) is 4.39 Å². The molecule has 138 valence electrons. The van der Waals surface area contributed by atoms with Crippen molar-refractivity contribution < 1.29 is 4.39 Å². The third-order valence-electron chi connectivity index (χ3n) is 6.93. The first-order chi connectivity index (χ1) is 12.2. The number of hydrogen-bond donors (Lipinski definition) is 0. The summed E-state index contributed by atoms with van der Waals surface area (Å²) in [5.74, 6) is 3.84. The summed E-state index contributed by atoms with van der Waals surface area (Å²) < 4.78 is 12.9. The van der Waals surface area contributed by atoms with E-state index in [4.69, 9.17) is 0 Å². The lowest BCUT2D eigenvalue weighted by Gasteiger charge is -2.37. The number of hydrogen-bond acceptors (Lipinski definition) is 0. The average Bonchev–Trinajstić information content (AvgIpc) is 2.67. The van der Waals surface area contributed by atoms with Crippen molar-refractivity contribution >= 4 is 0 Å². The Balaban J connectivity index is 1.34. The molecule has 0 heterocycles. The van der Waals surface area contributed by atoms with Crippen LogP contribution in [-0.2, 0) is 6.42 Å². The lowest BCUT2D eigenvalue weighted by Crippen LogP contribution is -2.25. The van der Waals surface area contributed by atoms with E-state index in [1.54, 1.807) is 12.1 Å². The summed E-state index contributed by atoms with van der Waals surface area (Å²) in [6.07, 6.45) is 20.0. The second-order valence-electron chi connectivity index (χ2n) is 8.51. The number of rotatable bonds is 6. The van der Waals surface area contributed by atoms with Crippen molar-refractivity contribution in [3.63, 3.8) is 0 Å². The van der Waals surface area contributed by atoms with E-state index >= 15 is 0 Å². The fourth-order valence-corrected chi connectivity index (χ4v) is 5.09. The van der Waals surface area contributed by atoms with Gasteiger partial charge in [0.1, 0.15) is 5.82 Å². The van der Waals surface area contributed by atoms with Crippen molar-refractivity contribution in [2.24, 2.45) is 23.7 Å². The smallest absolute Gasteiger partial charge is 0.123 e. The van der Waals surface area contributed by atoms with Crippen LogP contribution in [0.2, 0.25) is 0 Å². The zero-order valence-electron chi connectivity index (χ0n) is 15.9. The van der Waals surface area contributed by atoms with Gasteiger partial charge in [-0.15, -0.1) is 0 Å². The van der Waals surface area contributed by atoms with Crippen molar-refractivity contribution in [1.29, 1.82) is 0 Å². The maximum atomic E-state index is 12.9. The standard InChI is InChI=1S/C24H35F/c1-2-19-7-13-22(14-8-19)23-15-9-20(10-16-23)5-3-4-6-21-11-17-24(25)18-12-21/h3-4,11-12,17-20,22-23H,2,5-10,13-16H2,1H3/b4-3-. The lowest BCUT2D eigenvalue weighted by atomic mass is 9.68. The predicted octanol–water partition coefficient (Wildman–Crippen LogP) is 7.34. The quantitative estimate of drug-likeness (QED) is 0.474. The minimum atomic E-state index is -0.146. The number of benzene rings is 1. The van der Waals surface area contributed by atoms with Crippen molar-refractivity contribution in [2.45, 2.75) is 77.6 Å². The van der Waals surface area contributed by atoms with E-state index in [1.165, 1.54) is 69.8 Å². The van der Waals surface area contributed by atoms with Gasteiger partial charge in [-0.3, -0.25) is 0 Å². The largest absolute Gasteiger partial charge is 0.207 e. The molecule has 0 bridgehead atoms. The molecule has 0 amide bonds. The van der Waals surface area contributed by atoms with Crippen LogP contribution in [0, 0.1) is 29.5 Å². The first kappa shape index (κ1) is 18.7. The molecule has 0 radical (unpaired) electrons. The Bertz CT molecular complexity index is 514. The molecule has 0 atom stereocenters. The minimum Gasteiger partial charge on any atom is -0.207 e. The Kier molecular flexibility index (Phi) is 7.13. The number of allylic oxidation sites excluding steroid dienone is 2. The molecule has 1 heteroatoms. The Morgan fingerprint density at radius 1 is 0.800 bits per heavy atom. The molecule has 2 saturated carbocycles. The Hall–Kier alpha value is -1.11. The molecular formula is C24H35F. The molecule has 3 rings (SSSR count). The first-order valence-corrected chi connectivity index (χ1v) is 10.6. The van der Waals surface area contributed by atoms with Gasteiger partial charge in [0.05, 0.1) is 0 Å². The minimum absolute atomic E-state index is 0.146. The van der Waals surface area contributed by atoms with E-state index in [0.717, 1.165) is 30.1 Å². The highest BCUT2D eigenvalue weighted by Crippen LogP contribution is 2.42. The zero-order chi connectivity index (χ0) is 17.5. The van der Waals surface area contributed by atoms with Gasteiger partial charge in [0.25, 0.3) is 0 Å². The van der Waals surface area contributed by atoms with E-state index in [0.29, 0.717) is 0 Å². The molecular weight excluding hydrogens is 307 g/mol. The summed E-state index contributed by atoms with van der Waals surface area (Å²) >= 11 is 0. The average molecular weight is 343 g/mol. The van der Waals surface area contributed by atoms with Gasteiger partial charge < -0.3 is 0 Å². The molecule has 0 N–H and O–H groups in total. The van der Waals surface area contributed by atoms with Crippen LogP contribution >= 0.6 is 0 Å². The Morgan fingerprint density at radius 3 is 1.92 bits per heavy atom. The molecule has 2 fully saturated rings. The summed E-state index contributed by atoms with van der Waals surface area (Å²) in [6, 6.07) is 6.88. The van der Waals surface area contributed by atoms with Crippen molar-refractivity contribution in [3.8, 4) is 0 Å². The molecule has 1 aromatic rings. The maximum Gasteiger partial charge on any atom is 0.123 e. The lowest BCUT2D eigenvalue weighted by molar-refractivity contribution is 0.145. The first-order valence-electron chi connectivity index (χ1n) is 10.6. The summed E-state index contributed by atoms with van der Waals surface area (Å²) in [7, 11) is 0. The molecule has 0 spiro atoms. The van der Waals surface area contributed by atoms with Gasteiger partial charge >= 0.3 is 0 Å². The van der Waals surface area contributed by atoms with Crippen molar-refractivity contribution in [1.82, 2.24) is 0 Å². The highest BCUT2D eigenvalue weighted by molar-refractivity contribution is 5.18. The summed E-state index contributed by atoms with van der Waals surface area (Å²) in [4.78, 5) is 0. The molecule has 2 aliphatic carbocycles. The van der Waals surface area contributed by atoms with Crippen LogP contribution in [0.1, 0.15) is 76.7 Å². The Morgan fingerprint density at radius 2 is 1.36 bits per heavy atom. The van der Waals surface area contributed by atoms with Gasteiger partial charge in [0, 0.05) is 0 Å². The van der Waals surface area contributed by atoms with Crippen LogP contribution in [0.25, 0.3) is 0 Å². The van der Waals surface area contributed by atoms with Gasteiger partial charge in [0.2, 0.25) is 0 Å². The molecule has 25 heavy (non-hydrogen) atoms.